The van der Waals surface area contributed by atoms with Crippen molar-refractivity contribution in [2.75, 3.05) is 26.6 Å². The fourth-order valence-electron chi connectivity index (χ4n) is 2.48. The van der Waals surface area contributed by atoms with Crippen molar-refractivity contribution in [3.05, 3.63) is 42.1 Å². The molecule has 1 heterocycles. The summed E-state index contributed by atoms with van der Waals surface area (Å²) in [7, 11) is 4.52. The number of rotatable bonds is 5. The molecule has 0 aliphatic carbocycles. The zero-order chi connectivity index (χ0) is 17.1. The summed E-state index contributed by atoms with van der Waals surface area (Å²) >= 11 is 0. The Labute approximate surface area is 138 Å². The summed E-state index contributed by atoms with van der Waals surface area (Å²) in [6.07, 6.45) is 1.70. The molecule has 7 nitrogen and oxygen atoms in total. The summed E-state index contributed by atoms with van der Waals surface area (Å²) in [4.78, 5) is 12.6. The van der Waals surface area contributed by atoms with E-state index >= 15 is 0 Å². The third-order valence-electron chi connectivity index (χ3n) is 3.65. The molecule has 0 spiro atoms. The van der Waals surface area contributed by atoms with Crippen molar-refractivity contribution in [2.24, 2.45) is 0 Å². The highest BCUT2D eigenvalue weighted by Gasteiger charge is 2.17. The second kappa shape index (κ2) is 6.49. The first-order chi connectivity index (χ1) is 11.7. The number of benzene rings is 2. The lowest BCUT2D eigenvalue weighted by molar-refractivity contribution is 0.102. The van der Waals surface area contributed by atoms with E-state index in [-0.39, 0.29) is 5.91 Å². The largest absolute Gasteiger partial charge is 0.493 e. The van der Waals surface area contributed by atoms with Crippen LogP contribution in [0.4, 0.5) is 5.69 Å². The molecule has 0 saturated heterocycles. The Kier molecular flexibility index (Phi) is 4.24. The first kappa shape index (κ1) is 15.7. The Morgan fingerprint density at radius 2 is 1.79 bits per heavy atom. The second-order valence-electron chi connectivity index (χ2n) is 5.01. The summed E-state index contributed by atoms with van der Waals surface area (Å²) in [5.74, 6) is 0.979. The van der Waals surface area contributed by atoms with Crippen LogP contribution in [0, 0.1) is 0 Å². The number of methoxy groups -OCH3 is 3. The molecule has 0 radical (unpaired) electrons. The molecular weight excluding hydrogens is 310 g/mol. The number of ether oxygens (including phenoxy) is 3. The number of carbonyl (C=O) groups is 1. The number of nitrogens with one attached hydrogen (secondary N) is 2. The summed E-state index contributed by atoms with van der Waals surface area (Å²) in [5.41, 5.74) is 1.79. The van der Waals surface area contributed by atoms with Crippen molar-refractivity contribution in [2.45, 2.75) is 0 Å². The number of nitrogens with zero attached hydrogens (tertiary/aromatic N) is 1. The number of carbonyl (C=O) groups excluding carboxylic acids is 1. The average Bonchev–Trinajstić information content (AvgIpc) is 3.10. The molecule has 0 saturated carbocycles. The average molecular weight is 327 g/mol. The fraction of sp³-hybridized carbons (Fsp3) is 0.176. The van der Waals surface area contributed by atoms with Gasteiger partial charge in [0.25, 0.3) is 5.91 Å². The van der Waals surface area contributed by atoms with Crippen LogP contribution in [0.15, 0.2) is 36.5 Å². The summed E-state index contributed by atoms with van der Waals surface area (Å²) in [5, 5.41) is 10.6. The number of para-hydroxylation sites is 1. The zero-order valence-corrected chi connectivity index (χ0v) is 13.5. The van der Waals surface area contributed by atoms with E-state index in [4.69, 9.17) is 14.2 Å². The van der Waals surface area contributed by atoms with Gasteiger partial charge < -0.3 is 19.5 Å². The monoisotopic (exact) mass is 327 g/mol. The van der Waals surface area contributed by atoms with Gasteiger partial charge in [0.05, 0.1) is 38.7 Å². The van der Waals surface area contributed by atoms with Crippen LogP contribution in [0.1, 0.15) is 10.4 Å². The van der Waals surface area contributed by atoms with E-state index in [1.54, 1.807) is 24.4 Å². The first-order valence-electron chi connectivity index (χ1n) is 7.21. The van der Waals surface area contributed by atoms with Crippen LogP contribution in [-0.2, 0) is 0 Å². The number of aromatic amines is 1. The number of hydrogen-bond acceptors (Lipinski definition) is 5. The number of amides is 1. The second-order valence-corrected chi connectivity index (χ2v) is 5.01. The molecule has 24 heavy (non-hydrogen) atoms. The number of fused-ring (bicyclic) bond motifs is 1. The summed E-state index contributed by atoms with van der Waals surface area (Å²) in [6, 6.07) is 8.76. The van der Waals surface area contributed by atoms with Gasteiger partial charge in [0, 0.05) is 10.9 Å². The van der Waals surface area contributed by atoms with E-state index in [9.17, 15) is 4.79 Å². The highest BCUT2D eigenvalue weighted by Crippen LogP contribution is 2.38. The highest BCUT2D eigenvalue weighted by atomic mass is 16.5. The molecular formula is C17H17N3O4. The minimum Gasteiger partial charge on any atom is -0.493 e. The van der Waals surface area contributed by atoms with E-state index in [1.165, 1.54) is 21.3 Å². The van der Waals surface area contributed by atoms with Gasteiger partial charge in [-0.3, -0.25) is 9.89 Å². The van der Waals surface area contributed by atoms with Crippen molar-refractivity contribution in [3.8, 4) is 17.2 Å². The molecule has 124 valence electrons. The van der Waals surface area contributed by atoms with Gasteiger partial charge in [-0.2, -0.15) is 5.10 Å². The molecule has 0 bridgehead atoms. The van der Waals surface area contributed by atoms with Crippen LogP contribution >= 0.6 is 0 Å². The molecule has 0 aliphatic heterocycles. The minimum absolute atomic E-state index is 0.295. The van der Waals surface area contributed by atoms with Gasteiger partial charge in [0.2, 0.25) is 5.75 Å². The smallest absolute Gasteiger partial charge is 0.255 e. The topological polar surface area (TPSA) is 85.5 Å². The van der Waals surface area contributed by atoms with E-state index in [2.05, 4.69) is 15.5 Å². The maximum absolute atomic E-state index is 12.6. The van der Waals surface area contributed by atoms with Gasteiger partial charge in [0.15, 0.2) is 11.5 Å². The number of hydrogen-bond donors (Lipinski definition) is 2. The van der Waals surface area contributed by atoms with E-state index < -0.39 is 0 Å². The van der Waals surface area contributed by atoms with Crippen molar-refractivity contribution < 1.29 is 19.0 Å². The fourth-order valence-corrected chi connectivity index (χ4v) is 2.48. The quantitative estimate of drug-likeness (QED) is 0.752. The minimum atomic E-state index is -0.295. The number of aromatic nitrogens is 2. The molecule has 3 rings (SSSR count). The van der Waals surface area contributed by atoms with Crippen LogP contribution in [0.25, 0.3) is 10.9 Å². The Bertz CT molecular complexity index is 863. The molecule has 3 aromatic rings. The maximum atomic E-state index is 12.6. The molecule has 1 aromatic heterocycles. The molecule has 0 aliphatic rings. The molecule has 0 unspecified atom stereocenters. The van der Waals surface area contributed by atoms with Gasteiger partial charge >= 0.3 is 0 Å². The number of anilines is 1. The highest BCUT2D eigenvalue weighted by molar-refractivity contribution is 6.08. The van der Waals surface area contributed by atoms with Crippen LogP contribution in [-0.4, -0.2) is 37.4 Å². The van der Waals surface area contributed by atoms with E-state index in [0.29, 0.717) is 28.5 Å². The third kappa shape index (κ3) is 2.71. The number of H-pyrrole nitrogens is 1. The van der Waals surface area contributed by atoms with Gasteiger partial charge in [-0.15, -0.1) is 0 Å². The predicted molar refractivity (Wildman–Crippen MR) is 90.1 cm³/mol. The lowest BCUT2D eigenvalue weighted by Crippen LogP contribution is -2.13. The van der Waals surface area contributed by atoms with Crippen molar-refractivity contribution in [3.63, 3.8) is 0 Å². The maximum Gasteiger partial charge on any atom is 0.255 e. The van der Waals surface area contributed by atoms with Crippen LogP contribution in [0.3, 0.4) is 0 Å². The Hall–Kier alpha value is -3.22. The predicted octanol–water partition coefficient (Wildman–Crippen LogP) is 2.84. The van der Waals surface area contributed by atoms with Gasteiger partial charge in [-0.05, 0) is 18.2 Å². The van der Waals surface area contributed by atoms with E-state index in [1.807, 2.05) is 12.1 Å². The molecule has 2 aromatic carbocycles. The zero-order valence-electron chi connectivity index (χ0n) is 13.5. The van der Waals surface area contributed by atoms with Crippen LogP contribution in [0.2, 0.25) is 0 Å². The summed E-state index contributed by atoms with van der Waals surface area (Å²) in [6.45, 7) is 0. The molecule has 1 amide bonds. The lowest BCUT2D eigenvalue weighted by atomic mass is 10.1. The Morgan fingerprint density at radius 1 is 1.08 bits per heavy atom. The van der Waals surface area contributed by atoms with Crippen molar-refractivity contribution >= 4 is 22.5 Å². The molecule has 7 heteroatoms. The molecule has 0 fully saturated rings. The van der Waals surface area contributed by atoms with Gasteiger partial charge in [-0.1, -0.05) is 12.1 Å². The Balaban J connectivity index is 1.96. The summed E-state index contributed by atoms with van der Waals surface area (Å²) < 4.78 is 15.8. The SMILES string of the molecule is COc1cc(C(=O)Nc2cccc3cn[nH]c23)cc(OC)c1OC. The van der Waals surface area contributed by atoms with Crippen molar-refractivity contribution in [1.82, 2.24) is 10.2 Å². The first-order valence-corrected chi connectivity index (χ1v) is 7.21. The lowest BCUT2D eigenvalue weighted by Gasteiger charge is -2.14. The molecule has 2 N–H and O–H groups in total. The normalized spacial score (nSPS) is 10.5. The van der Waals surface area contributed by atoms with Crippen LogP contribution < -0.4 is 19.5 Å². The van der Waals surface area contributed by atoms with Gasteiger partial charge in [0.1, 0.15) is 0 Å². The third-order valence-corrected chi connectivity index (χ3v) is 3.65. The van der Waals surface area contributed by atoms with E-state index in [0.717, 1.165) is 10.9 Å². The standard InChI is InChI=1S/C17H17N3O4/c1-22-13-7-11(8-14(23-2)16(13)24-3)17(21)19-12-6-4-5-10-9-18-20-15(10)12/h4-9H,1-3H3,(H,18,20)(H,19,21). The van der Waals surface area contributed by atoms with Gasteiger partial charge in [-0.25, -0.2) is 0 Å². The Morgan fingerprint density at radius 3 is 2.42 bits per heavy atom. The van der Waals surface area contributed by atoms with Crippen LogP contribution in [0.5, 0.6) is 17.2 Å². The van der Waals surface area contributed by atoms with Crippen molar-refractivity contribution in [1.29, 1.82) is 0 Å². The molecule has 0 atom stereocenters.